The number of aromatic nitrogens is 1. The molecule has 0 aliphatic carbocycles. The van der Waals surface area contributed by atoms with E-state index in [9.17, 15) is 9.90 Å². The highest BCUT2D eigenvalue weighted by Crippen LogP contribution is 2.20. The van der Waals surface area contributed by atoms with Gasteiger partial charge in [0.2, 0.25) is 0 Å². The van der Waals surface area contributed by atoms with Gasteiger partial charge in [0.05, 0.1) is 11.2 Å². The molecule has 1 aliphatic heterocycles. The largest absolute Gasteiger partial charge is 0.480 e. The fourth-order valence-electron chi connectivity index (χ4n) is 3.04. The molecule has 2 heterocycles. The van der Waals surface area contributed by atoms with Gasteiger partial charge in [-0.25, -0.2) is 0 Å². The molecule has 21 heavy (non-hydrogen) atoms. The molecule has 1 atom stereocenters. The number of likely N-dealkylation sites (tertiary alicyclic amines) is 1. The molecular formula is C17H20N2O2. The number of pyridine rings is 1. The van der Waals surface area contributed by atoms with Crippen LogP contribution in [-0.4, -0.2) is 33.5 Å². The summed E-state index contributed by atoms with van der Waals surface area (Å²) in [5.41, 5.74) is 1.92. The third kappa shape index (κ3) is 3.22. The number of aliphatic carboxylic acids is 1. The smallest absolute Gasteiger partial charge is 0.320 e. The van der Waals surface area contributed by atoms with Crippen LogP contribution in [-0.2, 0) is 11.3 Å². The highest BCUT2D eigenvalue weighted by molar-refractivity contribution is 5.78. The van der Waals surface area contributed by atoms with Gasteiger partial charge in [0.25, 0.3) is 0 Å². The average Bonchev–Trinajstić information content (AvgIpc) is 2.72. The third-order valence-corrected chi connectivity index (χ3v) is 4.17. The van der Waals surface area contributed by atoms with Crippen LogP contribution in [0.15, 0.2) is 36.4 Å². The van der Waals surface area contributed by atoms with E-state index in [1.807, 2.05) is 30.3 Å². The van der Waals surface area contributed by atoms with Crippen LogP contribution < -0.4 is 0 Å². The highest BCUT2D eigenvalue weighted by atomic mass is 16.4. The van der Waals surface area contributed by atoms with Crippen LogP contribution in [0.25, 0.3) is 10.9 Å². The van der Waals surface area contributed by atoms with Crippen molar-refractivity contribution in [2.24, 2.45) is 0 Å². The van der Waals surface area contributed by atoms with Gasteiger partial charge in [-0.15, -0.1) is 0 Å². The summed E-state index contributed by atoms with van der Waals surface area (Å²) in [6, 6.07) is 11.7. The molecule has 1 fully saturated rings. The van der Waals surface area contributed by atoms with Crippen LogP contribution in [0.5, 0.6) is 0 Å². The maximum atomic E-state index is 11.5. The number of hydrogen-bond acceptors (Lipinski definition) is 3. The molecule has 0 amide bonds. The zero-order chi connectivity index (χ0) is 14.7. The Morgan fingerprint density at radius 2 is 2.05 bits per heavy atom. The first-order valence-electron chi connectivity index (χ1n) is 7.55. The van der Waals surface area contributed by atoms with E-state index in [2.05, 4.69) is 16.0 Å². The van der Waals surface area contributed by atoms with Crippen LogP contribution in [0, 0.1) is 0 Å². The number of rotatable bonds is 3. The maximum Gasteiger partial charge on any atom is 0.320 e. The van der Waals surface area contributed by atoms with Crippen LogP contribution >= 0.6 is 0 Å². The molecule has 0 bridgehead atoms. The van der Waals surface area contributed by atoms with Crippen molar-refractivity contribution in [1.82, 2.24) is 9.88 Å². The van der Waals surface area contributed by atoms with Crippen LogP contribution in [0.4, 0.5) is 0 Å². The minimum absolute atomic E-state index is 0.374. The summed E-state index contributed by atoms with van der Waals surface area (Å²) in [5, 5.41) is 10.5. The van der Waals surface area contributed by atoms with Gasteiger partial charge in [-0.3, -0.25) is 14.7 Å². The monoisotopic (exact) mass is 284 g/mol. The average molecular weight is 284 g/mol. The fraction of sp³-hybridized carbons (Fsp3) is 0.412. The summed E-state index contributed by atoms with van der Waals surface area (Å²) in [5.74, 6) is -0.710. The molecule has 1 aromatic carbocycles. The predicted octanol–water partition coefficient (Wildman–Crippen LogP) is 3.06. The molecule has 3 rings (SSSR count). The van der Waals surface area contributed by atoms with Gasteiger partial charge in [0, 0.05) is 11.9 Å². The highest BCUT2D eigenvalue weighted by Gasteiger charge is 2.27. The van der Waals surface area contributed by atoms with Crippen molar-refractivity contribution in [1.29, 1.82) is 0 Å². The van der Waals surface area contributed by atoms with Crippen molar-refractivity contribution in [2.45, 2.75) is 38.3 Å². The van der Waals surface area contributed by atoms with Crippen molar-refractivity contribution in [2.75, 3.05) is 6.54 Å². The van der Waals surface area contributed by atoms with E-state index in [1.165, 1.54) is 0 Å². The van der Waals surface area contributed by atoms with Crippen LogP contribution in [0.3, 0.4) is 0 Å². The van der Waals surface area contributed by atoms with Gasteiger partial charge in [-0.05, 0) is 31.5 Å². The summed E-state index contributed by atoms with van der Waals surface area (Å²) >= 11 is 0. The predicted molar refractivity (Wildman–Crippen MR) is 82.0 cm³/mol. The second-order valence-corrected chi connectivity index (χ2v) is 5.67. The number of carboxylic acids is 1. The van der Waals surface area contributed by atoms with Gasteiger partial charge in [0.15, 0.2) is 0 Å². The summed E-state index contributed by atoms with van der Waals surface area (Å²) in [4.78, 5) is 18.2. The van der Waals surface area contributed by atoms with Gasteiger partial charge in [-0.2, -0.15) is 0 Å². The van der Waals surface area contributed by atoms with Crippen LogP contribution in [0.1, 0.15) is 31.4 Å². The zero-order valence-electron chi connectivity index (χ0n) is 12.0. The van der Waals surface area contributed by atoms with Crippen molar-refractivity contribution in [3.8, 4) is 0 Å². The van der Waals surface area contributed by atoms with Crippen molar-refractivity contribution in [3.63, 3.8) is 0 Å². The number of benzene rings is 1. The number of para-hydroxylation sites is 1. The Balaban J connectivity index is 1.83. The van der Waals surface area contributed by atoms with Gasteiger partial charge >= 0.3 is 5.97 Å². The van der Waals surface area contributed by atoms with Crippen LogP contribution in [0.2, 0.25) is 0 Å². The van der Waals surface area contributed by atoms with Crippen molar-refractivity contribution >= 4 is 16.9 Å². The fourth-order valence-corrected chi connectivity index (χ4v) is 3.04. The summed E-state index contributed by atoms with van der Waals surface area (Å²) in [6.45, 7) is 1.45. The van der Waals surface area contributed by atoms with E-state index >= 15 is 0 Å². The van der Waals surface area contributed by atoms with E-state index in [-0.39, 0.29) is 6.04 Å². The number of fused-ring (bicyclic) bond motifs is 1. The first kappa shape index (κ1) is 14.0. The molecule has 4 heteroatoms. The molecule has 2 aromatic rings. The SMILES string of the molecule is O=C(O)C1CCCCCN1Cc1ccc2ccccc2n1. The third-order valence-electron chi connectivity index (χ3n) is 4.17. The Hall–Kier alpha value is -1.94. The summed E-state index contributed by atoms with van der Waals surface area (Å²) < 4.78 is 0. The Morgan fingerprint density at radius 3 is 2.90 bits per heavy atom. The number of hydrogen-bond donors (Lipinski definition) is 1. The molecular weight excluding hydrogens is 264 g/mol. The minimum atomic E-state index is -0.710. The maximum absolute atomic E-state index is 11.5. The normalized spacial score (nSPS) is 20.3. The van der Waals surface area contributed by atoms with Gasteiger partial charge < -0.3 is 5.11 Å². The molecule has 1 aromatic heterocycles. The zero-order valence-corrected chi connectivity index (χ0v) is 12.0. The summed E-state index contributed by atoms with van der Waals surface area (Å²) in [6.07, 6.45) is 3.92. The van der Waals surface area contributed by atoms with Crippen molar-refractivity contribution in [3.05, 3.63) is 42.1 Å². The Morgan fingerprint density at radius 1 is 1.19 bits per heavy atom. The van der Waals surface area contributed by atoms with Gasteiger partial charge in [-0.1, -0.05) is 37.1 Å². The lowest BCUT2D eigenvalue weighted by Gasteiger charge is -2.26. The molecule has 1 unspecified atom stereocenters. The molecule has 1 saturated heterocycles. The quantitative estimate of drug-likeness (QED) is 0.941. The Bertz CT molecular complexity index is 641. The van der Waals surface area contributed by atoms with E-state index in [0.29, 0.717) is 6.54 Å². The second-order valence-electron chi connectivity index (χ2n) is 5.67. The topological polar surface area (TPSA) is 53.4 Å². The van der Waals surface area contributed by atoms with E-state index < -0.39 is 5.97 Å². The van der Waals surface area contributed by atoms with E-state index in [0.717, 1.165) is 48.8 Å². The summed E-state index contributed by atoms with van der Waals surface area (Å²) in [7, 11) is 0. The number of nitrogens with zero attached hydrogens (tertiary/aromatic N) is 2. The molecule has 0 radical (unpaired) electrons. The standard InChI is InChI=1S/C17H20N2O2/c20-17(21)16-8-2-1-5-11-19(16)12-14-10-9-13-6-3-4-7-15(13)18-14/h3-4,6-7,9-10,16H,1-2,5,8,11-12H2,(H,20,21). The second kappa shape index (κ2) is 6.22. The molecule has 0 spiro atoms. The van der Waals surface area contributed by atoms with Crippen molar-refractivity contribution < 1.29 is 9.90 Å². The molecule has 0 saturated carbocycles. The molecule has 110 valence electrons. The lowest BCUT2D eigenvalue weighted by atomic mass is 10.1. The van der Waals surface area contributed by atoms with Gasteiger partial charge in [0.1, 0.15) is 6.04 Å². The Kier molecular flexibility index (Phi) is 4.15. The number of carboxylic acid groups (broad SMARTS) is 1. The van der Waals surface area contributed by atoms with E-state index in [4.69, 9.17) is 0 Å². The number of carbonyl (C=O) groups is 1. The lowest BCUT2D eigenvalue weighted by molar-refractivity contribution is -0.143. The molecule has 1 aliphatic rings. The first-order valence-corrected chi connectivity index (χ1v) is 7.55. The van der Waals surface area contributed by atoms with E-state index in [1.54, 1.807) is 0 Å². The first-order chi connectivity index (χ1) is 10.2. The minimum Gasteiger partial charge on any atom is -0.480 e. The Labute approximate surface area is 124 Å². The molecule has 1 N–H and O–H groups in total. The molecule has 4 nitrogen and oxygen atoms in total. The lowest BCUT2D eigenvalue weighted by Crippen LogP contribution is -2.40.